The number of rotatable bonds is 0. The maximum atomic E-state index is 2.08. The van der Waals surface area contributed by atoms with Crippen molar-refractivity contribution in [3.8, 4) is 0 Å². The van der Waals surface area contributed by atoms with Crippen LogP contribution >= 0.6 is 0 Å². The van der Waals surface area contributed by atoms with E-state index in [1.54, 1.807) is 0 Å². The van der Waals surface area contributed by atoms with Crippen LogP contribution in [0, 0.1) is 5.92 Å². The molecule has 0 unspecified atom stereocenters. The van der Waals surface area contributed by atoms with Gasteiger partial charge in [-0.05, 0) is 0 Å². The van der Waals surface area contributed by atoms with Gasteiger partial charge >= 0.3 is 45.5 Å². The Labute approximate surface area is 87.7 Å². The summed E-state index contributed by atoms with van der Waals surface area (Å²) in [5, 5.41) is 0. The summed E-state index contributed by atoms with van der Waals surface area (Å²) in [5.41, 5.74) is 0. The molecule has 0 rings (SSSR count). The first kappa shape index (κ1) is 15.7. The second-order valence-electron chi connectivity index (χ2n) is 1.50. The van der Waals surface area contributed by atoms with Gasteiger partial charge < -0.3 is 22.9 Å². The quantitative estimate of drug-likeness (QED) is 0.338. The van der Waals surface area contributed by atoms with Crippen LogP contribution < -0.4 is 17.0 Å². The Kier molecular flexibility index (Phi) is 26.3. The van der Waals surface area contributed by atoms with Crippen molar-refractivity contribution >= 4 is 45.5 Å². The van der Waals surface area contributed by atoms with E-state index in [1.165, 1.54) is 5.92 Å². The molecule has 0 aliphatic heterocycles. The molecule has 0 aromatic rings. The third kappa shape index (κ3) is 38.2. The van der Waals surface area contributed by atoms with Crippen molar-refractivity contribution in [3.63, 3.8) is 0 Å². The minimum absolute atomic E-state index is 0. The Morgan fingerprint density at radius 1 is 1.00 bits per heavy atom. The van der Waals surface area contributed by atoms with Gasteiger partial charge in [0, 0.05) is 0 Å². The van der Waals surface area contributed by atoms with E-state index in [1.807, 2.05) is 0 Å². The van der Waals surface area contributed by atoms with E-state index in [2.05, 4.69) is 20.8 Å². The third-order valence-electron chi connectivity index (χ3n) is 0. The van der Waals surface area contributed by atoms with Crippen LogP contribution in [0.25, 0.3) is 0 Å². The first-order chi connectivity index (χ1) is 1.73. The molecule has 0 amide bonds. The average molecular weight is 225 g/mol. The molecule has 0 spiro atoms. The fourth-order valence-corrected chi connectivity index (χ4v) is 0. The molecule has 6 heavy (non-hydrogen) atoms. The first-order valence-electron chi connectivity index (χ1n) is 1.50. The van der Waals surface area contributed by atoms with Gasteiger partial charge in [0.1, 0.15) is 0 Å². The van der Waals surface area contributed by atoms with Gasteiger partial charge in [-0.25, -0.2) is 0 Å². The van der Waals surface area contributed by atoms with E-state index in [-0.39, 0.29) is 62.5 Å². The largest absolute Gasteiger partial charge is 2.00 e. The maximum Gasteiger partial charge on any atom is 2.00 e. The van der Waals surface area contributed by atoms with Crippen LogP contribution in [0.15, 0.2) is 0 Å². The molecule has 0 aliphatic carbocycles. The number of halogens is 1. The van der Waals surface area contributed by atoms with Crippen molar-refractivity contribution in [3.05, 3.63) is 5.92 Å². The summed E-state index contributed by atoms with van der Waals surface area (Å²) in [6.07, 6.45) is 0. The number of hydrogen-bond donors (Lipinski definition) is 0. The van der Waals surface area contributed by atoms with Gasteiger partial charge in [0.25, 0.3) is 0 Å². The topological polar surface area (TPSA) is 0 Å². The Balaban J connectivity index is -0.0000000450. The monoisotopic (exact) mass is 224 g/mol. The average Bonchev–Trinajstić information content (AvgIpc) is 0.811. The molecule has 0 aromatic carbocycles. The Hall–Kier alpha value is 1.96. The first-order valence-corrected chi connectivity index (χ1v) is 1.50. The van der Waals surface area contributed by atoms with E-state index in [0.29, 0.717) is 0 Å². The summed E-state index contributed by atoms with van der Waals surface area (Å²) >= 11 is 0. The van der Waals surface area contributed by atoms with E-state index < -0.39 is 0 Å². The summed E-state index contributed by atoms with van der Waals surface area (Å²) < 4.78 is 0. The smallest absolute Gasteiger partial charge is 1.00 e. The van der Waals surface area contributed by atoms with Crippen molar-refractivity contribution in [1.29, 1.82) is 0 Å². The van der Waals surface area contributed by atoms with Crippen LogP contribution in [0.1, 0.15) is 20.8 Å². The van der Waals surface area contributed by atoms with Crippen molar-refractivity contribution < 1.29 is 17.0 Å². The molecule has 34 valence electrons. The summed E-state index contributed by atoms with van der Waals surface area (Å²) in [6.45, 7) is 6.25. The van der Waals surface area contributed by atoms with E-state index in [9.17, 15) is 0 Å². The van der Waals surface area contributed by atoms with Gasteiger partial charge in [0.2, 0.25) is 0 Å². The van der Waals surface area contributed by atoms with Crippen LogP contribution in [0.4, 0.5) is 0 Å². The van der Waals surface area contributed by atoms with Gasteiger partial charge in [0.15, 0.2) is 0 Å². The SMILES string of the molecule is C[C-](C)C.[Br-].[Sr+2]. The predicted molar refractivity (Wildman–Crippen MR) is 26.0 cm³/mol. The summed E-state index contributed by atoms with van der Waals surface area (Å²) in [4.78, 5) is 0. The molecule has 0 N–H and O–H groups in total. The fourth-order valence-electron chi connectivity index (χ4n) is 0. The van der Waals surface area contributed by atoms with Gasteiger partial charge in [-0.2, -0.15) is 20.8 Å². The Morgan fingerprint density at radius 3 is 1.00 bits per heavy atom. The van der Waals surface area contributed by atoms with Crippen molar-refractivity contribution in [1.82, 2.24) is 0 Å². The molecule has 0 aliphatic rings. The Morgan fingerprint density at radius 2 is 1.00 bits per heavy atom. The zero-order valence-corrected chi connectivity index (χ0v) is 9.65. The summed E-state index contributed by atoms with van der Waals surface area (Å²) in [6, 6.07) is 0. The molecule has 0 fully saturated rings. The van der Waals surface area contributed by atoms with Gasteiger partial charge in [-0.1, -0.05) is 0 Å². The van der Waals surface area contributed by atoms with Crippen molar-refractivity contribution in [2.24, 2.45) is 0 Å². The standard InChI is InChI=1S/C4H9.BrH.Sr/c1-4(2)3;;/h1-3H3;1H;/q-1;;+2/p-1. The molecule has 0 radical (unpaired) electrons. The summed E-state index contributed by atoms with van der Waals surface area (Å²) in [5.74, 6) is 1.42. The fraction of sp³-hybridized carbons (Fsp3) is 0.750. The van der Waals surface area contributed by atoms with Gasteiger partial charge in [-0.15, -0.1) is 0 Å². The zero-order chi connectivity index (χ0) is 3.58. The van der Waals surface area contributed by atoms with Crippen LogP contribution in [0.5, 0.6) is 0 Å². The van der Waals surface area contributed by atoms with Gasteiger partial charge in [-0.3, -0.25) is 0 Å². The van der Waals surface area contributed by atoms with E-state index in [4.69, 9.17) is 0 Å². The molecule has 0 saturated carbocycles. The molecule has 0 saturated heterocycles. The number of hydrogen-bond acceptors (Lipinski definition) is 0. The third-order valence-corrected chi connectivity index (χ3v) is 0. The minimum Gasteiger partial charge on any atom is -1.00 e. The second-order valence-corrected chi connectivity index (χ2v) is 1.50. The molecule has 0 aromatic heterocycles. The van der Waals surface area contributed by atoms with E-state index in [0.717, 1.165) is 0 Å². The van der Waals surface area contributed by atoms with Crippen LogP contribution in [0.3, 0.4) is 0 Å². The van der Waals surface area contributed by atoms with Crippen LogP contribution in [-0.2, 0) is 0 Å². The summed E-state index contributed by atoms with van der Waals surface area (Å²) in [7, 11) is 0. The van der Waals surface area contributed by atoms with Crippen molar-refractivity contribution in [2.45, 2.75) is 20.8 Å². The molecule has 0 bridgehead atoms. The second kappa shape index (κ2) is 10.0. The minimum atomic E-state index is 0. The molecule has 2 heteroatoms. The predicted octanol–water partition coefficient (Wildman–Crippen LogP) is -1.76. The van der Waals surface area contributed by atoms with Crippen molar-refractivity contribution in [2.75, 3.05) is 0 Å². The van der Waals surface area contributed by atoms with Crippen LogP contribution in [-0.4, -0.2) is 45.5 Å². The molecule has 0 nitrogen and oxygen atoms in total. The van der Waals surface area contributed by atoms with E-state index >= 15 is 0 Å². The molecular weight excluding hydrogens is 216 g/mol. The molecule has 0 heterocycles. The normalized spacial score (nSPS) is 6.00. The molecular formula is C4H9BrSr. The maximum absolute atomic E-state index is 2.08. The van der Waals surface area contributed by atoms with Crippen LogP contribution in [0.2, 0.25) is 0 Å². The van der Waals surface area contributed by atoms with Gasteiger partial charge in [0.05, 0.1) is 0 Å². The molecule has 0 atom stereocenters. The zero-order valence-electron chi connectivity index (χ0n) is 4.59. The Bertz CT molecular complexity index is 12.3.